The molecule has 0 N–H and O–H groups in total. The van der Waals surface area contributed by atoms with Crippen LogP contribution in [0, 0.1) is 6.92 Å². The lowest BCUT2D eigenvalue weighted by Crippen LogP contribution is -2.25. The van der Waals surface area contributed by atoms with Crippen molar-refractivity contribution in [1.29, 1.82) is 0 Å². The molecule has 0 aromatic carbocycles. The van der Waals surface area contributed by atoms with Crippen molar-refractivity contribution in [3.05, 3.63) is 17.3 Å². The minimum absolute atomic E-state index is 0.797. The van der Waals surface area contributed by atoms with Crippen molar-refractivity contribution in [2.75, 3.05) is 13.6 Å². The van der Waals surface area contributed by atoms with Gasteiger partial charge in [0, 0.05) is 26.4 Å². The van der Waals surface area contributed by atoms with Crippen molar-refractivity contribution in [2.24, 2.45) is 0 Å². The van der Waals surface area contributed by atoms with Crippen molar-refractivity contribution >= 4 is 0 Å². The van der Waals surface area contributed by atoms with E-state index in [1.54, 1.807) is 0 Å². The van der Waals surface area contributed by atoms with E-state index in [1.807, 2.05) is 6.92 Å². The summed E-state index contributed by atoms with van der Waals surface area (Å²) in [5.41, 5.74) is 1.12. The zero-order chi connectivity index (χ0) is 7.84. The summed E-state index contributed by atoms with van der Waals surface area (Å²) >= 11 is 0. The maximum Gasteiger partial charge on any atom is 0.191 e. The number of hydrogen-bond donors (Lipinski definition) is 0. The molecule has 0 spiro atoms. The summed E-state index contributed by atoms with van der Waals surface area (Å²) in [5.74, 6) is 1.88. The van der Waals surface area contributed by atoms with Gasteiger partial charge in [-0.05, 0) is 7.05 Å². The number of nitrogens with zero attached hydrogens (tertiary/aromatic N) is 2. The Morgan fingerprint density at radius 3 is 3.18 bits per heavy atom. The smallest absolute Gasteiger partial charge is 0.191 e. The quantitative estimate of drug-likeness (QED) is 0.554. The molecule has 3 nitrogen and oxygen atoms in total. The Hall–Kier alpha value is -0.830. The topological polar surface area (TPSA) is 29.3 Å². The van der Waals surface area contributed by atoms with E-state index >= 15 is 0 Å². The first kappa shape index (κ1) is 6.85. The summed E-state index contributed by atoms with van der Waals surface area (Å²) in [6.07, 6.45) is 1.01. The van der Waals surface area contributed by atoms with Gasteiger partial charge in [0.05, 0.1) is 5.69 Å². The molecule has 2 rings (SSSR count). The second kappa shape index (κ2) is 2.34. The number of hydrogen-bond acceptors (Lipinski definition) is 3. The summed E-state index contributed by atoms with van der Waals surface area (Å²) in [5, 5.41) is 0. The van der Waals surface area contributed by atoms with Gasteiger partial charge in [0.25, 0.3) is 0 Å². The van der Waals surface area contributed by atoms with Gasteiger partial charge in [-0.3, -0.25) is 4.90 Å². The van der Waals surface area contributed by atoms with Gasteiger partial charge in [0.15, 0.2) is 5.89 Å². The minimum Gasteiger partial charge on any atom is -0.446 e. The van der Waals surface area contributed by atoms with Crippen LogP contribution in [0.5, 0.6) is 0 Å². The average Bonchev–Trinajstić information content (AvgIpc) is 2.27. The molecule has 2 heterocycles. The molecule has 0 saturated carbocycles. The molecule has 0 unspecified atom stereocenters. The predicted octanol–water partition coefficient (Wildman–Crippen LogP) is 0.971. The van der Waals surface area contributed by atoms with Crippen molar-refractivity contribution in [3.8, 4) is 0 Å². The van der Waals surface area contributed by atoms with Crippen LogP contribution in [-0.2, 0) is 13.0 Å². The fourth-order valence-corrected chi connectivity index (χ4v) is 1.46. The summed E-state index contributed by atoms with van der Waals surface area (Å²) in [6, 6.07) is 0. The van der Waals surface area contributed by atoms with Gasteiger partial charge < -0.3 is 4.42 Å². The zero-order valence-electron chi connectivity index (χ0n) is 6.92. The number of aryl methyl sites for hydroxylation is 1. The monoisotopic (exact) mass is 152 g/mol. The second-order valence-corrected chi connectivity index (χ2v) is 3.09. The maximum absolute atomic E-state index is 5.42. The molecule has 1 aromatic rings. The van der Waals surface area contributed by atoms with Crippen LogP contribution in [0.2, 0.25) is 0 Å². The van der Waals surface area contributed by atoms with E-state index in [2.05, 4.69) is 16.9 Å². The van der Waals surface area contributed by atoms with Crippen LogP contribution >= 0.6 is 0 Å². The molecule has 1 aliphatic heterocycles. The number of aromatic nitrogens is 1. The first-order valence-corrected chi connectivity index (χ1v) is 3.89. The van der Waals surface area contributed by atoms with Crippen LogP contribution in [0.25, 0.3) is 0 Å². The van der Waals surface area contributed by atoms with Crippen LogP contribution in [0.15, 0.2) is 4.42 Å². The number of oxazole rings is 1. The average molecular weight is 152 g/mol. The Labute approximate surface area is 66.0 Å². The Kier molecular flexibility index (Phi) is 1.46. The van der Waals surface area contributed by atoms with Gasteiger partial charge in [0.1, 0.15) is 5.76 Å². The van der Waals surface area contributed by atoms with E-state index in [4.69, 9.17) is 4.42 Å². The molecule has 0 aliphatic carbocycles. The van der Waals surface area contributed by atoms with Gasteiger partial charge in [-0.15, -0.1) is 0 Å². The lowest BCUT2D eigenvalue weighted by atomic mass is 10.2. The van der Waals surface area contributed by atoms with Crippen LogP contribution in [0.1, 0.15) is 17.3 Å². The van der Waals surface area contributed by atoms with E-state index in [0.29, 0.717) is 0 Å². The zero-order valence-corrected chi connectivity index (χ0v) is 6.92. The molecular formula is C8H12N2O. The molecule has 0 fully saturated rings. The van der Waals surface area contributed by atoms with E-state index in [9.17, 15) is 0 Å². The standard InChI is InChI=1S/C8H12N2O/c1-6-9-7-5-10(2)4-3-8(7)11-6/h3-5H2,1-2H3. The highest BCUT2D eigenvalue weighted by molar-refractivity contribution is 5.12. The van der Waals surface area contributed by atoms with Gasteiger partial charge in [-0.2, -0.15) is 0 Å². The molecule has 0 radical (unpaired) electrons. The normalized spacial score (nSPS) is 18.4. The third-order valence-electron chi connectivity index (χ3n) is 2.03. The molecule has 1 aliphatic rings. The van der Waals surface area contributed by atoms with E-state index in [0.717, 1.165) is 36.9 Å². The molecule has 0 saturated heterocycles. The van der Waals surface area contributed by atoms with E-state index < -0.39 is 0 Å². The molecule has 0 bridgehead atoms. The Morgan fingerprint density at radius 1 is 1.55 bits per heavy atom. The number of likely N-dealkylation sites (N-methyl/N-ethyl adjacent to an activating group) is 1. The van der Waals surface area contributed by atoms with Crippen LogP contribution in [0.4, 0.5) is 0 Å². The Balaban J connectivity index is 2.34. The lowest BCUT2D eigenvalue weighted by Gasteiger charge is -2.19. The molecule has 11 heavy (non-hydrogen) atoms. The summed E-state index contributed by atoms with van der Waals surface area (Å²) in [6.45, 7) is 3.92. The Morgan fingerprint density at radius 2 is 2.36 bits per heavy atom. The van der Waals surface area contributed by atoms with Crippen LogP contribution in [0.3, 0.4) is 0 Å². The third-order valence-corrected chi connectivity index (χ3v) is 2.03. The van der Waals surface area contributed by atoms with E-state index in [1.165, 1.54) is 0 Å². The minimum atomic E-state index is 0.797. The number of fused-ring (bicyclic) bond motifs is 1. The van der Waals surface area contributed by atoms with Crippen molar-refractivity contribution in [2.45, 2.75) is 19.9 Å². The Bertz CT molecular complexity index is 267. The van der Waals surface area contributed by atoms with Crippen LogP contribution < -0.4 is 0 Å². The molecule has 3 heteroatoms. The fourth-order valence-electron chi connectivity index (χ4n) is 1.46. The van der Waals surface area contributed by atoms with Gasteiger partial charge in [0.2, 0.25) is 0 Å². The van der Waals surface area contributed by atoms with Crippen molar-refractivity contribution in [3.63, 3.8) is 0 Å². The van der Waals surface area contributed by atoms with Gasteiger partial charge in [-0.1, -0.05) is 0 Å². The highest BCUT2D eigenvalue weighted by Gasteiger charge is 2.17. The second-order valence-electron chi connectivity index (χ2n) is 3.09. The van der Waals surface area contributed by atoms with Crippen molar-refractivity contribution < 1.29 is 4.42 Å². The molecule has 1 aromatic heterocycles. The highest BCUT2D eigenvalue weighted by Crippen LogP contribution is 2.17. The maximum atomic E-state index is 5.42. The molecular weight excluding hydrogens is 140 g/mol. The first-order chi connectivity index (χ1) is 5.25. The van der Waals surface area contributed by atoms with Gasteiger partial charge in [-0.25, -0.2) is 4.98 Å². The molecule has 60 valence electrons. The molecule has 0 atom stereocenters. The summed E-state index contributed by atoms with van der Waals surface area (Å²) < 4.78 is 5.42. The third kappa shape index (κ3) is 1.16. The van der Waals surface area contributed by atoms with Gasteiger partial charge >= 0.3 is 0 Å². The van der Waals surface area contributed by atoms with E-state index in [-0.39, 0.29) is 0 Å². The number of rotatable bonds is 0. The largest absolute Gasteiger partial charge is 0.446 e. The lowest BCUT2D eigenvalue weighted by molar-refractivity contribution is 0.291. The summed E-state index contributed by atoms with van der Waals surface area (Å²) in [7, 11) is 2.10. The molecule has 0 amide bonds. The van der Waals surface area contributed by atoms with Crippen molar-refractivity contribution in [1.82, 2.24) is 9.88 Å². The fraction of sp³-hybridized carbons (Fsp3) is 0.625. The highest BCUT2D eigenvalue weighted by atomic mass is 16.4. The summed E-state index contributed by atoms with van der Waals surface area (Å²) in [4.78, 5) is 6.55. The first-order valence-electron chi connectivity index (χ1n) is 3.89. The predicted molar refractivity (Wildman–Crippen MR) is 41.3 cm³/mol. The SMILES string of the molecule is Cc1nc2c(o1)CCN(C)C2. The van der Waals surface area contributed by atoms with Crippen LogP contribution in [-0.4, -0.2) is 23.5 Å².